The summed E-state index contributed by atoms with van der Waals surface area (Å²) in [5.41, 5.74) is 1.10. The third-order valence-corrected chi connectivity index (χ3v) is 3.88. The molecule has 0 fully saturated rings. The Morgan fingerprint density at radius 3 is 2.67 bits per heavy atom. The van der Waals surface area contributed by atoms with Crippen LogP contribution in [0.3, 0.4) is 0 Å². The summed E-state index contributed by atoms with van der Waals surface area (Å²) in [6.07, 6.45) is 6.75. The average Bonchev–Trinajstić information content (AvgIpc) is 2.99. The SMILES string of the molecule is CC(C)(C)n1ccc2c(cnc3nc(-c4cccnc4)nn32)c1=O. The topological polar surface area (TPSA) is 78.0 Å². The van der Waals surface area contributed by atoms with E-state index in [-0.39, 0.29) is 11.1 Å². The maximum absolute atomic E-state index is 12.7. The van der Waals surface area contributed by atoms with Gasteiger partial charge in [0.1, 0.15) is 0 Å². The quantitative estimate of drug-likeness (QED) is 0.537. The van der Waals surface area contributed by atoms with E-state index in [9.17, 15) is 4.79 Å². The summed E-state index contributed by atoms with van der Waals surface area (Å²) < 4.78 is 3.30. The van der Waals surface area contributed by atoms with Crippen molar-refractivity contribution in [2.75, 3.05) is 0 Å². The normalized spacial score (nSPS) is 12.1. The zero-order valence-corrected chi connectivity index (χ0v) is 13.6. The summed E-state index contributed by atoms with van der Waals surface area (Å²) in [6.45, 7) is 5.96. The maximum atomic E-state index is 12.7. The van der Waals surface area contributed by atoms with Crippen LogP contribution in [0.15, 0.2) is 47.8 Å². The lowest BCUT2D eigenvalue weighted by molar-refractivity contribution is 0.386. The predicted octanol–water partition coefficient (Wildman–Crippen LogP) is 2.26. The molecule has 0 aromatic carbocycles. The van der Waals surface area contributed by atoms with Gasteiger partial charge in [-0.2, -0.15) is 9.50 Å². The summed E-state index contributed by atoms with van der Waals surface area (Å²) >= 11 is 0. The number of aromatic nitrogens is 6. The van der Waals surface area contributed by atoms with Gasteiger partial charge in [0.25, 0.3) is 11.3 Å². The largest absolute Gasteiger partial charge is 0.310 e. The van der Waals surface area contributed by atoms with Crippen molar-refractivity contribution in [3.63, 3.8) is 0 Å². The first-order valence-corrected chi connectivity index (χ1v) is 7.63. The monoisotopic (exact) mass is 320 g/mol. The number of hydrogen-bond acceptors (Lipinski definition) is 5. The van der Waals surface area contributed by atoms with Crippen LogP contribution in [0.4, 0.5) is 0 Å². The van der Waals surface area contributed by atoms with Gasteiger partial charge in [0, 0.05) is 35.9 Å². The molecular formula is C17H16N6O. The molecule has 0 amide bonds. The van der Waals surface area contributed by atoms with Gasteiger partial charge in [-0.3, -0.25) is 9.78 Å². The summed E-state index contributed by atoms with van der Waals surface area (Å²) in [4.78, 5) is 25.6. The van der Waals surface area contributed by atoms with Crippen LogP contribution in [0.5, 0.6) is 0 Å². The Hall–Kier alpha value is -3.09. The molecule has 0 aliphatic carbocycles. The number of pyridine rings is 2. The third kappa shape index (κ3) is 2.17. The molecule has 7 nitrogen and oxygen atoms in total. The Morgan fingerprint density at radius 1 is 1.12 bits per heavy atom. The molecule has 0 bridgehead atoms. The molecule has 0 N–H and O–H groups in total. The fourth-order valence-corrected chi connectivity index (χ4v) is 2.66. The smallest absolute Gasteiger partial charge is 0.262 e. The molecule has 7 heteroatoms. The average molecular weight is 320 g/mol. The molecule has 0 saturated carbocycles. The maximum Gasteiger partial charge on any atom is 0.262 e. The molecule has 0 aliphatic rings. The van der Waals surface area contributed by atoms with E-state index in [4.69, 9.17) is 0 Å². The van der Waals surface area contributed by atoms with Gasteiger partial charge in [0.2, 0.25) is 0 Å². The second-order valence-corrected chi connectivity index (χ2v) is 6.61. The Bertz CT molecular complexity index is 1110. The van der Waals surface area contributed by atoms with Crippen LogP contribution in [0.1, 0.15) is 20.8 Å². The van der Waals surface area contributed by atoms with Gasteiger partial charge in [-0.25, -0.2) is 4.98 Å². The van der Waals surface area contributed by atoms with Crippen molar-refractivity contribution in [1.29, 1.82) is 0 Å². The van der Waals surface area contributed by atoms with Gasteiger partial charge in [0.05, 0.1) is 10.9 Å². The zero-order chi connectivity index (χ0) is 16.9. The van der Waals surface area contributed by atoms with E-state index >= 15 is 0 Å². The van der Waals surface area contributed by atoms with Crippen molar-refractivity contribution < 1.29 is 0 Å². The fraction of sp³-hybridized carbons (Fsp3) is 0.235. The summed E-state index contributed by atoms with van der Waals surface area (Å²) in [6, 6.07) is 5.59. The lowest BCUT2D eigenvalue weighted by Gasteiger charge is -2.22. The number of rotatable bonds is 1. The van der Waals surface area contributed by atoms with Gasteiger partial charge in [-0.05, 0) is 39.0 Å². The lowest BCUT2D eigenvalue weighted by Crippen LogP contribution is -2.33. The molecule has 0 spiro atoms. The first-order chi connectivity index (χ1) is 11.4. The Labute approximate surface area is 137 Å². The number of nitrogens with zero attached hydrogens (tertiary/aromatic N) is 6. The van der Waals surface area contributed by atoms with Crippen molar-refractivity contribution in [3.8, 4) is 11.4 Å². The standard InChI is InChI=1S/C17H16N6O/c1-17(2,3)22-8-6-13-12(15(22)24)10-19-16-20-14(21-23(13)16)11-5-4-7-18-9-11/h4-10H,1-3H3. The van der Waals surface area contributed by atoms with Gasteiger partial charge < -0.3 is 4.57 Å². The minimum absolute atomic E-state index is 0.0900. The summed E-state index contributed by atoms with van der Waals surface area (Å²) in [5, 5.41) is 5.02. The molecule has 0 unspecified atom stereocenters. The number of fused-ring (bicyclic) bond motifs is 3. The van der Waals surface area contributed by atoms with E-state index in [1.165, 1.54) is 0 Å². The first-order valence-electron chi connectivity index (χ1n) is 7.63. The van der Waals surface area contributed by atoms with Crippen molar-refractivity contribution in [3.05, 3.63) is 53.3 Å². The van der Waals surface area contributed by atoms with Crippen LogP contribution in [-0.2, 0) is 5.54 Å². The highest BCUT2D eigenvalue weighted by molar-refractivity contribution is 5.79. The molecular weight excluding hydrogens is 304 g/mol. The molecule has 0 saturated heterocycles. The molecule has 24 heavy (non-hydrogen) atoms. The summed E-state index contributed by atoms with van der Waals surface area (Å²) in [5.74, 6) is 0.984. The first kappa shape index (κ1) is 14.5. The molecule has 4 heterocycles. The molecule has 4 aromatic heterocycles. The van der Waals surface area contributed by atoms with E-state index in [0.717, 1.165) is 5.56 Å². The zero-order valence-electron chi connectivity index (χ0n) is 13.6. The lowest BCUT2D eigenvalue weighted by atomic mass is 10.1. The van der Waals surface area contributed by atoms with E-state index in [0.29, 0.717) is 22.5 Å². The van der Waals surface area contributed by atoms with E-state index < -0.39 is 0 Å². The van der Waals surface area contributed by atoms with Crippen LogP contribution in [0, 0.1) is 0 Å². The Balaban J connectivity index is 2.00. The van der Waals surface area contributed by atoms with Crippen LogP contribution >= 0.6 is 0 Å². The Morgan fingerprint density at radius 2 is 1.96 bits per heavy atom. The van der Waals surface area contributed by atoms with Gasteiger partial charge in [0.15, 0.2) is 5.82 Å². The van der Waals surface area contributed by atoms with E-state index in [2.05, 4.69) is 20.1 Å². The number of hydrogen-bond donors (Lipinski definition) is 0. The van der Waals surface area contributed by atoms with Crippen LogP contribution in [0.2, 0.25) is 0 Å². The van der Waals surface area contributed by atoms with E-state index in [1.54, 1.807) is 33.9 Å². The van der Waals surface area contributed by atoms with E-state index in [1.807, 2.05) is 39.0 Å². The highest BCUT2D eigenvalue weighted by atomic mass is 16.1. The second kappa shape index (κ2) is 4.95. The molecule has 0 atom stereocenters. The van der Waals surface area contributed by atoms with Crippen LogP contribution < -0.4 is 5.56 Å². The summed E-state index contributed by atoms with van der Waals surface area (Å²) in [7, 11) is 0. The van der Waals surface area contributed by atoms with Crippen molar-refractivity contribution in [2.24, 2.45) is 0 Å². The highest BCUT2D eigenvalue weighted by Gasteiger charge is 2.18. The molecule has 4 aromatic rings. The van der Waals surface area contributed by atoms with Crippen LogP contribution in [-0.4, -0.2) is 29.1 Å². The van der Waals surface area contributed by atoms with Crippen molar-refractivity contribution in [1.82, 2.24) is 29.1 Å². The Kier molecular flexibility index (Phi) is 2.99. The third-order valence-electron chi connectivity index (χ3n) is 3.88. The predicted molar refractivity (Wildman–Crippen MR) is 90.8 cm³/mol. The molecule has 0 aliphatic heterocycles. The molecule has 120 valence electrons. The van der Waals surface area contributed by atoms with Gasteiger partial charge in [-0.15, -0.1) is 5.10 Å². The minimum Gasteiger partial charge on any atom is -0.310 e. The fourth-order valence-electron chi connectivity index (χ4n) is 2.66. The van der Waals surface area contributed by atoms with Gasteiger partial charge in [-0.1, -0.05) is 0 Å². The van der Waals surface area contributed by atoms with Crippen molar-refractivity contribution in [2.45, 2.75) is 26.3 Å². The second-order valence-electron chi connectivity index (χ2n) is 6.61. The highest BCUT2D eigenvalue weighted by Crippen LogP contribution is 2.18. The molecule has 0 radical (unpaired) electrons. The minimum atomic E-state index is -0.302. The van der Waals surface area contributed by atoms with Crippen LogP contribution in [0.25, 0.3) is 28.1 Å². The van der Waals surface area contributed by atoms with Crippen molar-refractivity contribution >= 4 is 16.7 Å². The van der Waals surface area contributed by atoms with Gasteiger partial charge >= 0.3 is 0 Å². The molecule has 4 rings (SSSR count).